The number of halogens is 2. The minimum Gasteiger partial charge on any atom is -0.310 e. The first kappa shape index (κ1) is 15.6. The van der Waals surface area contributed by atoms with Gasteiger partial charge in [-0.25, -0.2) is 4.39 Å². The molecular formula is C15H23BrFN. The lowest BCUT2D eigenvalue weighted by molar-refractivity contribution is 0.477. The summed E-state index contributed by atoms with van der Waals surface area (Å²) >= 11 is 3.36. The van der Waals surface area contributed by atoms with Crippen LogP contribution in [0.1, 0.15) is 57.6 Å². The lowest BCUT2D eigenvalue weighted by atomic mass is 10.00. The zero-order valence-corrected chi connectivity index (χ0v) is 12.9. The fraction of sp³-hybridized carbons (Fsp3) is 0.600. The summed E-state index contributed by atoms with van der Waals surface area (Å²) in [5, 5.41) is 3.45. The van der Waals surface area contributed by atoms with Crippen LogP contribution >= 0.6 is 15.9 Å². The fourth-order valence-corrected chi connectivity index (χ4v) is 2.72. The average molecular weight is 316 g/mol. The number of hydrogen-bond donors (Lipinski definition) is 1. The Morgan fingerprint density at radius 3 is 2.67 bits per heavy atom. The highest BCUT2D eigenvalue weighted by atomic mass is 79.9. The monoisotopic (exact) mass is 315 g/mol. The highest BCUT2D eigenvalue weighted by Gasteiger charge is 2.15. The molecule has 0 spiro atoms. The number of hydrogen-bond acceptors (Lipinski definition) is 1. The van der Waals surface area contributed by atoms with Gasteiger partial charge >= 0.3 is 0 Å². The maximum atomic E-state index is 13.5. The maximum Gasteiger partial charge on any atom is 0.137 e. The van der Waals surface area contributed by atoms with Crippen LogP contribution in [-0.4, -0.2) is 6.54 Å². The molecule has 102 valence electrons. The Hall–Kier alpha value is -0.410. The van der Waals surface area contributed by atoms with E-state index in [0.717, 1.165) is 18.5 Å². The SMILES string of the molecule is CCCCCCC(NCC)c1cccc(F)c1Br. The van der Waals surface area contributed by atoms with Crippen molar-refractivity contribution in [3.8, 4) is 0 Å². The zero-order chi connectivity index (χ0) is 13.4. The Bertz CT molecular complexity index is 354. The van der Waals surface area contributed by atoms with Gasteiger partial charge < -0.3 is 5.32 Å². The maximum absolute atomic E-state index is 13.5. The topological polar surface area (TPSA) is 12.0 Å². The van der Waals surface area contributed by atoms with Crippen LogP contribution in [0.3, 0.4) is 0 Å². The van der Waals surface area contributed by atoms with Gasteiger partial charge in [-0.3, -0.25) is 0 Å². The fourth-order valence-electron chi connectivity index (χ4n) is 2.18. The minimum absolute atomic E-state index is 0.177. The minimum atomic E-state index is -0.177. The van der Waals surface area contributed by atoms with Crippen molar-refractivity contribution in [1.82, 2.24) is 5.32 Å². The standard InChI is InChI=1S/C15H23BrFN/c1-3-5-6-7-11-14(18-4-2)12-9-8-10-13(17)15(12)16/h8-10,14,18H,3-7,11H2,1-2H3. The molecule has 0 aromatic heterocycles. The molecule has 1 aromatic carbocycles. The molecule has 0 amide bonds. The van der Waals surface area contributed by atoms with E-state index in [2.05, 4.69) is 35.1 Å². The predicted octanol–water partition coefficient (Wildman–Crippen LogP) is 5.21. The first-order valence-electron chi connectivity index (χ1n) is 6.88. The third-order valence-electron chi connectivity index (χ3n) is 3.15. The van der Waals surface area contributed by atoms with Gasteiger partial charge in [-0.15, -0.1) is 0 Å². The van der Waals surface area contributed by atoms with Crippen LogP contribution in [0.5, 0.6) is 0 Å². The molecule has 1 unspecified atom stereocenters. The molecule has 0 radical (unpaired) electrons. The molecule has 0 saturated carbocycles. The smallest absolute Gasteiger partial charge is 0.137 e. The Morgan fingerprint density at radius 2 is 2.00 bits per heavy atom. The second-order valence-corrected chi connectivity index (χ2v) is 5.40. The second kappa shape index (κ2) is 8.65. The van der Waals surface area contributed by atoms with Crippen molar-refractivity contribution in [3.63, 3.8) is 0 Å². The average Bonchev–Trinajstić information content (AvgIpc) is 2.37. The van der Waals surface area contributed by atoms with Crippen molar-refractivity contribution in [2.24, 2.45) is 0 Å². The molecule has 0 aliphatic rings. The van der Waals surface area contributed by atoms with E-state index in [9.17, 15) is 4.39 Å². The molecular weight excluding hydrogens is 293 g/mol. The van der Waals surface area contributed by atoms with Crippen molar-refractivity contribution < 1.29 is 4.39 Å². The van der Waals surface area contributed by atoms with Crippen molar-refractivity contribution >= 4 is 15.9 Å². The summed E-state index contributed by atoms with van der Waals surface area (Å²) in [5.41, 5.74) is 1.04. The summed E-state index contributed by atoms with van der Waals surface area (Å²) in [6.07, 6.45) is 6.04. The number of rotatable bonds is 8. The van der Waals surface area contributed by atoms with Crippen LogP contribution in [0.4, 0.5) is 4.39 Å². The Labute approximate surface area is 118 Å². The Kier molecular flexibility index (Phi) is 7.52. The molecule has 0 saturated heterocycles. The molecule has 1 N–H and O–H groups in total. The Morgan fingerprint density at radius 1 is 1.22 bits per heavy atom. The molecule has 0 aliphatic carbocycles. The van der Waals surface area contributed by atoms with E-state index in [1.807, 2.05) is 6.07 Å². The van der Waals surface area contributed by atoms with E-state index in [0.29, 0.717) is 4.47 Å². The highest BCUT2D eigenvalue weighted by molar-refractivity contribution is 9.10. The molecule has 3 heteroatoms. The van der Waals surface area contributed by atoms with Crippen molar-refractivity contribution in [2.45, 2.75) is 52.0 Å². The van der Waals surface area contributed by atoms with Crippen molar-refractivity contribution in [3.05, 3.63) is 34.1 Å². The summed E-state index contributed by atoms with van der Waals surface area (Å²) < 4.78 is 14.2. The molecule has 0 aliphatic heterocycles. The largest absolute Gasteiger partial charge is 0.310 e. The van der Waals surface area contributed by atoms with Crippen LogP contribution in [0.2, 0.25) is 0 Å². The first-order chi connectivity index (χ1) is 8.70. The van der Waals surface area contributed by atoms with Gasteiger partial charge in [0.15, 0.2) is 0 Å². The third kappa shape index (κ3) is 4.69. The quantitative estimate of drug-likeness (QED) is 0.649. The van der Waals surface area contributed by atoms with Gasteiger partial charge in [-0.1, -0.05) is 51.7 Å². The first-order valence-corrected chi connectivity index (χ1v) is 7.67. The molecule has 0 fully saturated rings. The normalized spacial score (nSPS) is 12.7. The van der Waals surface area contributed by atoms with Crippen LogP contribution < -0.4 is 5.32 Å². The summed E-state index contributed by atoms with van der Waals surface area (Å²) in [7, 11) is 0. The van der Waals surface area contributed by atoms with Crippen LogP contribution in [0, 0.1) is 5.82 Å². The summed E-state index contributed by atoms with van der Waals surface area (Å²) in [6.45, 7) is 5.21. The molecule has 18 heavy (non-hydrogen) atoms. The van der Waals surface area contributed by atoms with Gasteiger partial charge in [0.1, 0.15) is 5.82 Å². The van der Waals surface area contributed by atoms with E-state index >= 15 is 0 Å². The van der Waals surface area contributed by atoms with Gasteiger partial charge in [0.25, 0.3) is 0 Å². The summed E-state index contributed by atoms with van der Waals surface area (Å²) in [5.74, 6) is -0.177. The number of nitrogens with one attached hydrogen (secondary N) is 1. The number of benzene rings is 1. The lowest BCUT2D eigenvalue weighted by Gasteiger charge is -2.20. The van der Waals surface area contributed by atoms with Gasteiger partial charge in [0, 0.05) is 6.04 Å². The Balaban J connectivity index is 2.68. The lowest BCUT2D eigenvalue weighted by Crippen LogP contribution is -2.21. The highest BCUT2D eigenvalue weighted by Crippen LogP contribution is 2.29. The second-order valence-electron chi connectivity index (χ2n) is 4.60. The molecule has 1 nitrogen and oxygen atoms in total. The molecule has 1 atom stereocenters. The van der Waals surface area contributed by atoms with Gasteiger partial charge in [-0.2, -0.15) is 0 Å². The van der Waals surface area contributed by atoms with Crippen molar-refractivity contribution in [1.29, 1.82) is 0 Å². The van der Waals surface area contributed by atoms with Gasteiger partial charge in [0.05, 0.1) is 4.47 Å². The summed E-state index contributed by atoms with van der Waals surface area (Å²) in [4.78, 5) is 0. The zero-order valence-electron chi connectivity index (χ0n) is 11.3. The molecule has 0 bridgehead atoms. The van der Waals surface area contributed by atoms with Crippen LogP contribution in [-0.2, 0) is 0 Å². The summed E-state index contributed by atoms with van der Waals surface area (Å²) in [6, 6.07) is 5.52. The van der Waals surface area contributed by atoms with E-state index in [1.54, 1.807) is 6.07 Å². The van der Waals surface area contributed by atoms with E-state index in [-0.39, 0.29) is 11.9 Å². The predicted molar refractivity (Wildman–Crippen MR) is 79.3 cm³/mol. The van der Waals surface area contributed by atoms with E-state index in [1.165, 1.54) is 31.7 Å². The molecule has 0 heterocycles. The van der Waals surface area contributed by atoms with E-state index < -0.39 is 0 Å². The van der Waals surface area contributed by atoms with Crippen LogP contribution in [0.25, 0.3) is 0 Å². The number of unbranched alkanes of at least 4 members (excludes halogenated alkanes) is 3. The van der Waals surface area contributed by atoms with Gasteiger partial charge in [0.2, 0.25) is 0 Å². The molecule has 1 rings (SSSR count). The molecule has 1 aromatic rings. The van der Waals surface area contributed by atoms with Crippen molar-refractivity contribution in [2.75, 3.05) is 6.54 Å². The van der Waals surface area contributed by atoms with E-state index in [4.69, 9.17) is 0 Å². The van der Waals surface area contributed by atoms with Gasteiger partial charge in [-0.05, 0) is 40.5 Å². The van der Waals surface area contributed by atoms with Crippen LogP contribution in [0.15, 0.2) is 22.7 Å². The third-order valence-corrected chi connectivity index (χ3v) is 3.99.